The third kappa shape index (κ3) is 6.84. The van der Waals surface area contributed by atoms with Gasteiger partial charge >= 0.3 is 11.4 Å². The number of aromatic nitrogens is 4. The molecule has 14 heteroatoms. The number of H-pyrrole nitrogens is 2. The minimum atomic E-state index is -0.932. The summed E-state index contributed by atoms with van der Waals surface area (Å²) in [7, 11) is 0. The third-order valence-electron chi connectivity index (χ3n) is 5.23. The van der Waals surface area contributed by atoms with E-state index in [9.17, 15) is 29.4 Å². The Morgan fingerprint density at radius 1 is 1.26 bits per heavy atom. The number of aromatic amines is 2. The van der Waals surface area contributed by atoms with Gasteiger partial charge in [0.15, 0.2) is 0 Å². The summed E-state index contributed by atoms with van der Waals surface area (Å²) in [4.78, 5) is 52.7. The molecule has 3 atom stereocenters. The van der Waals surface area contributed by atoms with Gasteiger partial charge in [-0.05, 0) is 6.92 Å². The molecule has 1 saturated heterocycles. The molecule has 1 amide bonds. The Labute approximate surface area is 203 Å². The molecule has 6 N–H and O–H groups in total. The molecular weight excluding hydrogens is 480 g/mol. The predicted molar refractivity (Wildman–Crippen MR) is 126 cm³/mol. The number of carbonyl (C=O) groups excluding carboxylic acids is 1. The molecule has 1 aliphatic heterocycles. The van der Waals surface area contributed by atoms with E-state index in [4.69, 9.17) is 17.0 Å². The summed E-state index contributed by atoms with van der Waals surface area (Å²) in [5.74, 6) is 5.08. The van der Waals surface area contributed by atoms with Crippen molar-refractivity contribution in [3.8, 4) is 11.8 Å². The van der Waals surface area contributed by atoms with Gasteiger partial charge in [0.05, 0.1) is 19.3 Å². The van der Waals surface area contributed by atoms with Gasteiger partial charge in [0.2, 0.25) is 5.91 Å². The van der Waals surface area contributed by atoms with Crippen molar-refractivity contribution in [2.24, 2.45) is 0 Å². The number of nitrogens with zero attached hydrogens (tertiary/aromatic N) is 2. The molecule has 2 aromatic rings. The summed E-state index contributed by atoms with van der Waals surface area (Å²) in [6, 6.07) is 0. The van der Waals surface area contributed by atoms with Crippen LogP contribution in [0.5, 0.6) is 0 Å². The van der Waals surface area contributed by atoms with Crippen LogP contribution < -0.4 is 27.6 Å². The molecule has 0 unspecified atom stereocenters. The van der Waals surface area contributed by atoms with E-state index in [1.54, 1.807) is 6.92 Å². The molecule has 1 fully saturated rings. The van der Waals surface area contributed by atoms with E-state index in [1.165, 1.54) is 17.0 Å². The first-order valence-corrected chi connectivity index (χ1v) is 11.2. The zero-order valence-corrected chi connectivity index (χ0v) is 19.7. The fraction of sp³-hybridized carbons (Fsp3) is 0.476. The molecular formula is C21H26N6O7S. The number of amides is 1. The maximum atomic E-state index is 12.1. The van der Waals surface area contributed by atoms with Crippen molar-refractivity contribution in [1.82, 2.24) is 29.7 Å². The van der Waals surface area contributed by atoms with Crippen molar-refractivity contribution in [2.75, 3.05) is 26.2 Å². The van der Waals surface area contributed by atoms with Crippen LogP contribution in [0.15, 0.2) is 26.8 Å². The highest BCUT2D eigenvalue weighted by Gasteiger charge is 2.35. The fourth-order valence-corrected chi connectivity index (χ4v) is 3.51. The topological polar surface area (TPSA) is 183 Å². The van der Waals surface area contributed by atoms with E-state index in [0.717, 1.165) is 4.57 Å². The van der Waals surface area contributed by atoms with E-state index in [2.05, 4.69) is 32.4 Å². The number of ether oxygens (including phenoxy) is 1. The second-order valence-electron chi connectivity index (χ2n) is 7.85. The van der Waals surface area contributed by atoms with E-state index < -0.39 is 42.0 Å². The molecule has 2 aromatic heterocycles. The first kappa shape index (κ1) is 26.3. The van der Waals surface area contributed by atoms with Gasteiger partial charge in [-0.1, -0.05) is 24.1 Å². The van der Waals surface area contributed by atoms with Crippen molar-refractivity contribution < 1.29 is 19.7 Å². The van der Waals surface area contributed by atoms with E-state index in [1.807, 2.05) is 0 Å². The Kier molecular flexibility index (Phi) is 8.90. The van der Waals surface area contributed by atoms with E-state index >= 15 is 0 Å². The zero-order chi connectivity index (χ0) is 25.5. The van der Waals surface area contributed by atoms with Crippen molar-refractivity contribution in [1.29, 1.82) is 0 Å². The number of carbonyl (C=O) groups is 1. The van der Waals surface area contributed by atoms with Crippen LogP contribution in [0.3, 0.4) is 0 Å². The molecule has 3 rings (SSSR count). The number of nitrogens with one attached hydrogen (secondary N) is 4. The second-order valence-corrected chi connectivity index (χ2v) is 8.26. The second kappa shape index (κ2) is 11.9. The number of hydrogen-bond donors (Lipinski definition) is 6. The molecule has 188 valence electrons. The molecule has 0 saturated carbocycles. The van der Waals surface area contributed by atoms with Gasteiger partial charge in [-0.15, -0.1) is 0 Å². The number of rotatable bonds is 8. The summed E-state index contributed by atoms with van der Waals surface area (Å²) in [5.41, 5.74) is -1.11. The maximum absolute atomic E-state index is 12.1. The number of hydrogen-bond acceptors (Lipinski definition) is 9. The Bertz CT molecular complexity index is 1370. The summed E-state index contributed by atoms with van der Waals surface area (Å²) in [5, 5.41) is 24.7. The fourth-order valence-electron chi connectivity index (χ4n) is 3.37. The molecule has 35 heavy (non-hydrogen) atoms. The molecule has 1 aliphatic rings. The van der Waals surface area contributed by atoms with Crippen LogP contribution in [0.4, 0.5) is 0 Å². The quantitative estimate of drug-likeness (QED) is 0.128. The molecule has 0 aliphatic carbocycles. The lowest BCUT2D eigenvalue weighted by Gasteiger charge is -2.14. The summed E-state index contributed by atoms with van der Waals surface area (Å²) in [6.45, 7) is 2.07. The normalized spacial score (nSPS) is 19.2. The number of aliphatic hydroxyl groups is 2. The lowest BCUT2D eigenvalue weighted by atomic mass is 10.2. The van der Waals surface area contributed by atoms with Gasteiger partial charge in [0.1, 0.15) is 29.1 Å². The Balaban J connectivity index is 1.48. The monoisotopic (exact) mass is 506 g/mol. The zero-order valence-electron chi connectivity index (χ0n) is 18.9. The first-order chi connectivity index (χ1) is 16.7. The molecule has 0 spiro atoms. The van der Waals surface area contributed by atoms with Crippen LogP contribution in [-0.2, 0) is 16.1 Å². The predicted octanol–water partition coefficient (Wildman–Crippen LogP) is -2.54. The van der Waals surface area contributed by atoms with Gasteiger partial charge < -0.3 is 25.6 Å². The highest BCUT2D eigenvalue weighted by molar-refractivity contribution is 7.71. The lowest BCUT2D eigenvalue weighted by molar-refractivity contribution is -0.121. The largest absolute Gasteiger partial charge is 0.394 e. The Morgan fingerprint density at radius 3 is 2.74 bits per heavy atom. The van der Waals surface area contributed by atoms with Gasteiger partial charge in [-0.2, -0.15) is 0 Å². The molecule has 3 heterocycles. The van der Waals surface area contributed by atoms with Crippen LogP contribution in [0.25, 0.3) is 0 Å². The highest BCUT2D eigenvalue weighted by Crippen LogP contribution is 2.27. The number of aliphatic hydroxyl groups excluding tert-OH is 2. The highest BCUT2D eigenvalue weighted by atomic mass is 32.1. The summed E-state index contributed by atoms with van der Waals surface area (Å²) in [6.07, 6.45) is 0.285. The molecule has 0 radical (unpaired) electrons. The smallest absolute Gasteiger partial charge is 0.330 e. The Hall–Kier alpha value is -3.35. The molecule has 13 nitrogen and oxygen atoms in total. The standard InChI is InChI=1S/C21H26N6O7S/c1-12-8-26(20(32)25-19(12)35)10-16(30)23-6-5-22-4-2-3-13-9-27(21(33)24-18(13)31)17-7-14(29)15(11-28)34-17/h8-9,14-15,17,22,28-29H,4-7,10-11H2,1H3,(H,23,30)(H,24,31,33)(H,25,32,35)/t14-,15+,17+/m0/s1. The van der Waals surface area contributed by atoms with E-state index in [-0.39, 0.29) is 37.5 Å². The molecule has 0 aromatic carbocycles. The van der Waals surface area contributed by atoms with Gasteiger partial charge in [0.25, 0.3) is 5.56 Å². The van der Waals surface area contributed by atoms with Crippen LogP contribution in [0, 0.1) is 23.4 Å². The number of aryl methyl sites for hydroxylation is 1. The van der Waals surface area contributed by atoms with Crippen molar-refractivity contribution in [2.45, 2.75) is 38.3 Å². The minimum absolute atomic E-state index is 0.0351. The van der Waals surface area contributed by atoms with Crippen LogP contribution >= 0.6 is 12.2 Å². The lowest BCUT2D eigenvalue weighted by Crippen LogP contribution is -2.36. The van der Waals surface area contributed by atoms with Crippen molar-refractivity contribution >= 4 is 18.1 Å². The average Bonchev–Trinajstić information content (AvgIpc) is 3.18. The molecule has 0 bridgehead atoms. The van der Waals surface area contributed by atoms with Crippen LogP contribution in [0.2, 0.25) is 0 Å². The minimum Gasteiger partial charge on any atom is -0.394 e. The van der Waals surface area contributed by atoms with Crippen molar-refractivity contribution in [3.63, 3.8) is 0 Å². The van der Waals surface area contributed by atoms with Crippen molar-refractivity contribution in [3.05, 3.63) is 59.5 Å². The van der Waals surface area contributed by atoms with Gasteiger partial charge in [-0.3, -0.25) is 28.7 Å². The summed E-state index contributed by atoms with van der Waals surface area (Å²) >= 11 is 4.98. The summed E-state index contributed by atoms with van der Waals surface area (Å²) < 4.78 is 8.14. The third-order valence-corrected chi connectivity index (χ3v) is 5.65. The van der Waals surface area contributed by atoms with Crippen LogP contribution in [-0.4, -0.2) is 73.7 Å². The van der Waals surface area contributed by atoms with Crippen LogP contribution in [0.1, 0.15) is 23.8 Å². The van der Waals surface area contributed by atoms with E-state index in [0.29, 0.717) is 16.7 Å². The van der Waals surface area contributed by atoms with Gasteiger partial charge in [0, 0.05) is 37.5 Å². The Morgan fingerprint density at radius 2 is 2.03 bits per heavy atom. The van der Waals surface area contributed by atoms with Gasteiger partial charge in [-0.25, -0.2) is 9.59 Å². The first-order valence-electron chi connectivity index (χ1n) is 10.8. The maximum Gasteiger partial charge on any atom is 0.330 e. The average molecular weight is 507 g/mol. The SMILES string of the molecule is Cc1cn(CC(=O)NCCNCC#Cc2cn([C@H]3C[C@H](O)[C@@H](CO)O3)c(=O)[nH]c2=O)c(=O)[nH]c1=S.